The topological polar surface area (TPSA) is 76.2 Å². The van der Waals surface area contributed by atoms with Gasteiger partial charge >= 0.3 is 5.97 Å². The minimum Gasteiger partial charge on any atom is -0.380 e. The third-order valence-electron chi connectivity index (χ3n) is 5.77. The van der Waals surface area contributed by atoms with Gasteiger partial charge in [0, 0.05) is 26.2 Å². The van der Waals surface area contributed by atoms with Gasteiger partial charge in [-0.3, -0.25) is 14.5 Å². The molecule has 1 saturated heterocycles. The van der Waals surface area contributed by atoms with Gasteiger partial charge in [0.05, 0.1) is 23.1 Å². The first-order valence-corrected chi connectivity index (χ1v) is 9.61. The van der Waals surface area contributed by atoms with Crippen molar-refractivity contribution in [2.24, 2.45) is 5.41 Å². The van der Waals surface area contributed by atoms with Crippen LogP contribution >= 0.6 is 0 Å². The van der Waals surface area contributed by atoms with E-state index in [0.717, 1.165) is 39.0 Å². The Morgan fingerprint density at radius 2 is 1.67 bits per heavy atom. The van der Waals surface area contributed by atoms with Crippen LogP contribution in [0.15, 0.2) is 24.3 Å². The standard InChI is InChI=1S/C20H24N2O5/c23-17-15-6-1-2-7-16(15)18(24)22(17)27-19(25)20(8-3-4-9-20)14-21-10-5-12-26-13-11-21/h1-2,6-7H,3-5,8-14H2. The number of amides is 2. The van der Waals surface area contributed by atoms with E-state index in [2.05, 4.69) is 4.90 Å². The zero-order valence-electron chi connectivity index (χ0n) is 15.3. The van der Waals surface area contributed by atoms with Crippen LogP contribution < -0.4 is 0 Å². The van der Waals surface area contributed by atoms with Crippen molar-refractivity contribution in [1.29, 1.82) is 0 Å². The summed E-state index contributed by atoms with van der Waals surface area (Å²) in [6.07, 6.45) is 4.26. The van der Waals surface area contributed by atoms with Crippen molar-refractivity contribution in [2.75, 3.05) is 32.8 Å². The van der Waals surface area contributed by atoms with Crippen LogP contribution in [0.5, 0.6) is 0 Å². The molecule has 4 rings (SSSR count). The highest BCUT2D eigenvalue weighted by Gasteiger charge is 2.47. The number of carbonyl (C=O) groups is 3. The molecule has 2 heterocycles. The number of rotatable bonds is 4. The largest absolute Gasteiger partial charge is 0.380 e. The maximum Gasteiger partial charge on any atom is 0.340 e. The van der Waals surface area contributed by atoms with Crippen molar-refractivity contribution in [2.45, 2.75) is 32.1 Å². The first-order valence-electron chi connectivity index (χ1n) is 9.61. The van der Waals surface area contributed by atoms with Crippen LogP contribution in [-0.4, -0.2) is 60.6 Å². The molecule has 0 bridgehead atoms. The number of hydroxylamine groups is 2. The van der Waals surface area contributed by atoms with Gasteiger partial charge in [0.15, 0.2) is 0 Å². The number of hydrogen-bond acceptors (Lipinski definition) is 6. The molecule has 0 radical (unpaired) electrons. The van der Waals surface area contributed by atoms with Crippen molar-refractivity contribution >= 4 is 17.8 Å². The molecule has 0 unspecified atom stereocenters. The van der Waals surface area contributed by atoms with E-state index in [1.165, 1.54) is 0 Å². The second-order valence-electron chi connectivity index (χ2n) is 7.56. The molecule has 2 amide bonds. The van der Waals surface area contributed by atoms with E-state index in [0.29, 0.717) is 31.1 Å². The Morgan fingerprint density at radius 1 is 1.00 bits per heavy atom. The molecule has 1 aliphatic carbocycles. The average Bonchev–Trinajstić information content (AvgIpc) is 3.13. The Morgan fingerprint density at radius 3 is 2.33 bits per heavy atom. The molecule has 144 valence electrons. The summed E-state index contributed by atoms with van der Waals surface area (Å²) in [4.78, 5) is 45.7. The van der Waals surface area contributed by atoms with E-state index in [9.17, 15) is 14.4 Å². The smallest absolute Gasteiger partial charge is 0.340 e. The van der Waals surface area contributed by atoms with Gasteiger partial charge in [-0.25, -0.2) is 4.79 Å². The maximum atomic E-state index is 13.1. The third kappa shape index (κ3) is 3.37. The van der Waals surface area contributed by atoms with Gasteiger partial charge < -0.3 is 9.57 Å². The van der Waals surface area contributed by atoms with Crippen molar-refractivity contribution in [3.8, 4) is 0 Å². The average molecular weight is 372 g/mol. The van der Waals surface area contributed by atoms with E-state index in [1.807, 2.05) is 0 Å². The molecule has 7 nitrogen and oxygen atoms in total. The molecule has 1 saturated carbocycles. The lowest BCUT2D eigenvalue weighted by atomic mass is 9.85. The highest BCUT2D eigenvalue weighted by molar-refractivity contribution is 6.20. The highest BCUT2D eigenvalue weighted by Crippen LogP contribution is 2.41. The van der Waals surface area contributed by atoms with Crippen molar-refractivity contribution < 1.29 is 24.0 Å². The zero-order chi connectivity index (χ0) is 18.9. The summed E-state index contributed by atoms with van der Waals surface area (Å²) >= 11 is 0. The van der Waals surface area contributed by atoms with Gasteiger partial charge in [0.2, 0.25) is 0 Å². The Kier molecular flexibility index (Phi) is 4.97. The molecule has 0 N–H and O–H groups in total. The molecule has 0 atom stereocenters. The number of fused-ring (bicyclic) bond motifs is 1. The van der Waals surface area contributed by atoms with Crippen LogP contribution in [0, 0.1) is 5.41 Å². The molecule has 0 aromatic heterocycles. The van der Waals surface area contributed by atoms with Crippen LogP contribution in [0.4, 0.5) is 0 Å². The zero-order valence-corrected chi connectivity index (χ0v) is 15.3. The summed E-state index contributed by atoms with van der Waals surface area (Å²) < 4.78 is 5.50. The SMILES string of the molecule is O=C1c2ccccc2C(=O)N1OC(=O)C1(CN2CCCOCC2)CCCC1. The third-order valence-corrected chi connectivity index (χ3v) is 5.77. The minimum absolute atomic E-state index is 0.278. The van der Waals surface area contributed by atoms with Crippen molar-refractivity contribution in [3.63, 3.8) is 0 Å². The van der Waals surface area contributed by atoms with Gasteiger partial charge in [-0.05, 0) is 31.4 Å². The molecule has 1 aromatic carbocycles. The molecule has 27 heavy (non-hydrogen) atoms. The Balaban J connectivity index is 1.50. The van der Waals surface area contributed by atoms with Gasteiger partial charge in [0.1, 0.15) is 0 Å². The summed E-state index contributed by atoms with van der Waals surface area (Å²) in [5.41, 5.74) is -0.111. The van der Waals surface area contributed by atoms with Crippen LogP contribution in [-0.2, 0) is 14.4 Å². The number of carbonyl (C=O) groups excluding carboxylic acids is 3. The Bertz CT molecular complexity index is 713. The van der Waals surface area contributed by atoms with Crippen LogP contribution in [0.1, 0.15) is 52.8 Å². The van der Waals surface area contributed by atoms with Gasteiger partial charge in [-0.2, -0.15) is 0 Å². The lowest BCUT2D eigenvalue weighted by Gasteiger charge is -2.33. The second-order valence-corrected chi connectivity index (χ2v) is 7.56. The fraction of sp³-hybridized carbons (Fsp3) is 0.550. The van der Waals surface area contributed by atoms with Crippen LogP contribution in [0.3, 0.4) is 0 Å². The Hall–Kier alpha value is -2.25. The summed E-state index contributed by atoms with van der Waals surface area (Å²) in [7, 11) is 0. The molecule has 1 aromatic rings. The van der Waals surface area contributed by atoms with Gasteiger partial charge in [-0.1, -0.05) is 30.0 Å². The minimum atomic E-state index is -0.667. The molecule has 7 heteroatoms. The lowest BCUT2D eigenvalue weighted by Crippen LogP contribution is -2.46. The molecular weight excluding hydrogens is 348 g/mol. The van der Waals surface area contributed by atoms with E-state index in [1.54, 1.807) is 24.3 Å². The number of imide groups is 1. The maximum absolute atomic E-state index is 13.1. The predicted octanol–water partition coefficient (Wildman–Crippen LogP) is 2.02. The quantitative estimate of drug-likeness (QED) is 0.753. The molecule has 0 spiro atoms. The number of hydrogen-bond donors (Lipinski definition) is 0. The first-order chi connectivity index (χ1) is 13.1. The first kappa shape index (κ1) is 18.1. The monoisotopic (exact) mass is 372 g/mol. The fourth-order valence-electron chi connectivity index (χ4n) is 4.29. The normalized spacial score (nSPS) is 22.6. The van der Waals surface area contributed by atoms with E-state index in [-0.39, 0.29) is 11.1 Å². The molecule has 3 aliphatic rings. The van der Waals surface area contributed by atoms with Gasteiger partial charge in [-0.15, -0.1) is 0 Å². The van der Waals surface area contributed by atoms with Crippen molar-refractivity contribution in [3.05, 3.63) is 35.4 Å². The van der Waals surface area contributed by atoms with E-state index >= 15 is 0 Å². The molecule has 2 fully saturated rings. The number of benzene rings is 1. The predicted molar refractivity (Wildman–Crippen MR) is 95.8 cm³/mol. The lowest BCUT2D eigenvalue weighted by molar-refractivity contribution is -0.182. The van der Waals surface area contributed by atoms with Crippen LogP contribution in [0.2, 0.25) is 0 Å². The number of nitrogens with zero attached hydrogens (tertiary/aromatic N) is 2. The molecular formula is C20H24N2O5. The molecule has 2 aliphatic heterocycles. The summed E-state index contributed by atoms with van der Waals surface area (Å²) in [6, 6.07) is 6.53. The van der Waals surface area contributed by atoms with Crippen LogP contribution in [0.25, 0.3) is 0 Å². The summed E-state index contributed by atoms with van der Waals surface area (Å²) in [5.74, 6) is -1.61. The summed E-state index contributed by atoms with van der Waals surface area (Å²) in [5, 5.41) is 0.638. The number of ether oxygens (including phenoxy) is 1. The Labute approximate surface area is 158 Å². The van der Waals surface area contributed by atoms with Crippen molar-refractivity contribution in [1.82, 2.24) is 9.96 Å². The van der Waals surface area contributed by atoms with E-state index in [4.69, 9.17) is 9.57 Å². The summed E-state index contributed by atoms with van der Waals surface area (Å²) in [6.45, 7) is 3.63. The fourth-order valence-corrected chi connectivity index (χ4v) is 4.29. The second kappa shape index (κ2) is 7.40. The van der Waals surface area contributed by atoms with E-state index < -0.39 is 23.2 Å². The van der Waals surface area contributed by atoms with Gasteiger partial charge in [0.25, 0.3) is 11.8 Å². The highest BCUT2D eigenvalue weighted by atomic mass is 16.7.